The zero-order valence-corrected chi connectivity index (χ0v) is 9.69. The van der Waals surface area contributed by atoms with Gasteiger partial charge in [0, 0.05) is 0 Å². The molecule has 1 aromatic rings. The molecule has 0 saturated heterocycles. The number of aromatic carboxylic acids is 1. The quantitative estimate of drug-likeness (QED) is 0.392. The van der Waals surface area contributed by atoms with E-state index in [1.807, 2.05) is 0 Å². The molecule has 0 aromatic carbocycles. The van der Waals surface area contributed by atoms with Crippen molar-refractivity contribution in [2.75, 3.05) is 0 Å². The standard InChI is InChI=1S/C6H3Cl2NO2.Na/c7-3-1-2-4(8)9-5(3)6(10)11;/h1-2H,(H,10,11);/q;+1/p-1. The van der Waals surface area contributed by atoms with Crippen LogP contribution in [-0.4, -0.2) is 11.0 Å². The number of hydrogen-bond donors (Lipinski definition) is 0. The van der Waals surface area contributed by atoms with Gasteiger partial charge in [0.25, 0.3) is 0 Å². The largest absolute Gasteiger partial charge is 1.00 e. The van der Waals surface area contributed by atoms with Crippen LogP contribution in [0.1, 0.15) is 10.5 Å². The van der Waals surface area contributed by atoms with E-state index in [1.54, 1.807) is 0 Å². The molecule has 0 radical (unpaired) electrons. The van der Waals surface area contributed by atoms with E-state index in [4.69, 9.17) is 23.2 Å². The van der Waals surface area contributed by atoms with Gasteiger partial charge in [-0.3, -0.25) is 0 Å². The van der Waals surface area contributed by atoms with Gasteiger partial charge < -0.3 is 9.90 Å². The fraction of sp³-hybridized carbons (Fsp3) is 0. The molecule has 0 saturated carbocycles. The van der Waals surface area contributed by atoms with Crippen molar-refractivity contribution >= 4 is 29.2 Å². The van der Waals surface area contributed by atoms with Crippen molar-refractivity contribution in [1.29, 1.82) is 0 Å². The Bertz CT molecular complexity index is 306. The first-order valence-corrected chi connectivity index (χ1v) is 3.40. The molecule has 1 aromatic heterocycles. The minimum Gasteiger partial charge on any atom is -0.543 e. The Morgan fingerprint density at radius 3 is 2.42 bits per heavy atom. The predicted octanol–water partition coefficient (Wildman–Crippen LogP) is -2.24. The molecule has 0 fully saturated rings. The monoisotopic (exact) mass is 213 g/mol. The van der Waals surface area contributed by atoms with Crippen LogP contribution in [0.15, 0.2) is 12.1 Å². The number of carboxylic acid groups (broad SMARTS) is 1. The fourth-order valence-electron chi connectivity index (χ4n) is 0.561. The van der Waals surface area contributed by atoms with Crippen LogP contribution in [0.25, 0.3) is 0 Å². The van der Waals surface area contributed by atoms with Gasteiger partial charge in [-0.25, -0.2) is 4.98 Å². The molecule has 0 atom stereocenters. The van der Waals surface area contributed by atoms with E-state index >= 15 is 0 Å². The Balaban J connectivity index is 0.00000121. The molecule has 58 valence electrons. The Hall–Kier alpha value is 0.200. The summed E-state index contributed by atoms with van der Waals surface area (Å²) in [4.78, 5) is 13.7. The zero-order chi connectivity index (χ0) is 8.43. The third-order valence-corrected chi connectivity index (χ3v) is 1.52. The third-order valence-electron chi connectivity index (χ3n) is 1.01. The van der Waals surface area contributed by atoms with E-state index in [0.29, 0.717) is 0 Å². The number of rotatable bonds is 1. The summed E-state index contributed by atoms with van der Waals surface area (Å²) in [6, 6.07) is 2.75. The number of carbonyl (C=O) groups excluding carboxylic acids is 1. The number of halogens is 2. The molecule has 3 nitrogen and oxygen atoms in total. The van der Waals surface area contributed by atoms with Gasteiger partial charge in [0.15, 0.2) is 0 Å². The van der Waals surface area contributed by atoms with E-state index in [1.165, 1.54) is 12.1 Å². The van der Waals surface area contributed by atoms with Crippen molar-refractivity contribution < 1.29 is 39.5 Å². The first-order chi connectivity index (χ1) is 5.11. The average molecular weight is 214 g/mol. The van der Waals surface area contributed by atoms with E-state index in [0.717, 1.165) is 0 Å². The molecule has 6 heteroatoms. The van der Waals surface area contributed by atoms with Crippen LogP contribution < -0.4 is 34.7 Å². The van der Waals surface area contributed by atoms with Crippen molar-refractivity contribution in [3.05, 3.63) is 28.0 Å². The number of pyridine rings is 1. The summed E-state index contributed by atoms with van der Waals surface area (Å²) in [7, 11) is 0. The first-order valence-electron chi connectivity index (χ1n) is 2.64. The van der Waals surface area contributed by atoms with Crippen LogP contribution in [0.5, 0.6) is 0 Å². The molecule has 0 amide bonds. The Morgan fingerprint density at radius 1 is 1.42 bits per heavy atom. The van der Waals surface area contributed by atoms with Gasteiger partial charge in [-0.1, -0.05) is 23.2 Å². The minimum atomic E-state index is -1.43. The average Bonchev–Trinajstić information content (AvgIpc) is 1.94. The molecule has 12 heavy (non-hydrogen) atoms. The maximum atomic E-state index is 10.3. The number of carboxylic acids is 1. The van der Waals surface area contributed by atoms with Crippen LogP contribution in [0.3, 0.4) is 0 Å². The minimum absolute atomic E-state index is 0. The summed E-state index contributed by atoms with van der Waals surface area (Å²) in [6.07, 6.45) is 0. The molecule has 0 aliphatic carbocycles. The summed E-state index contributed by atoms with van der Waals surface area (Å²) in [6.45, 7) is 0. The number of hydrogen-bond acceptors (Lipinski definition) is 3. The van der Waals surface area contributed by atoms with E-state index in [-0.39, 0.29) is 45.4 Å². The van der Waals surface area contributed by atoms with Gasteiger partial charge in [-0.05, 0) is 12.1 Å². The molecule has 0 N–H and O–H groups in total. The van der Waals surface area contributed by atoms with Gasteiger partial charge in [-0.15, -0.1) is 0 Å². The zero-order valence-electron chi connectivity index (χ0n) is 6.17. The van der Waals surface area contributed by atoms with E-state index in [2.05, 4.69) is 4.98 Å². The third kappa shape index (κ3) is 2.92. The van der Waals surface area contributed by atoms with E-state index < -0.39 is 5.97 Å². The second-order valence-corrected chi connectivity index (χ2v) is 2.55. The summed E-state index contributed by atoms with van der Waals surface area (Å²) in [5.74, 6) is -1.43. The SMILES string of the molecule is O=C([O-])c1nc(Cl)ccc1Cl.[Na+]. The van der Waals surface area contributed by atoms with Crippen LogP contribution in [0, 0.1) is 0 Å². The van der Waals surface area contributed by atoms with Crippen LogP contribution in [0.4, 0.5) is 0 Å². The maximum Gasteiger partial charge on any atom is 1.00 e. The number of aromatic nitrogens is 1. The van der Waals surface area contributed by atoms with Crippen molar-refractivity contribution in [1.82, 2.24) is 4.98 Å². The topological polar surface area (TPSA) is 53.0 Å². The second-order valence-electron chi connectivity index (χ2n) is 1.75. The van der Waals surface area contributed by atoms with Gasteiger partial charge in [-0.2, -0.15) is 0 Å². The van der Waals surface area contributed by atoms with Crippen molar-refractivity contribution in [3.63, 3.8) is 0 Å². The number of carbonyl (C=O) groups is 1. The molecular weight excluding hydrogens is 212 g/mol. The van der Waals surface area contributed by atoms with Crippen LogP contribution in [-0.2, 0) is 0 Å². The molecular formula is C6H2Cl2NNaO2. The van der Waals surface area contributed by atoms with Gasteiger partial charge in [0.2, 0.25) is 0 Å². The summed E-state index contributed by atoms with van der Waals surface area (Å²) in [5, 5.41) is 10.4. The molecule has 0 bridgehead atoms. The van der Waals surface area contributed by atoms with E-state index in [9.17, 15) is 9.90 Å². The molecule has 0 unspecified atom stereocenters. The predicted molar refractivity (Wildman–Crippen MR) is 38.6 cm³/mol. The van der Waals surface area contributed by atoms with Crippen LogP contribution in [0.2, 0.25) is 10.2 Å². The summed E-state index contributed by atoms with van der Waals surface area (Å²) in [5.41, 5.74) is -0.334. The first kappa shape index (κ1) is 12.2. The van der Waals surface area contributed by atoms with Crippen molar-refractivity contribution in [3.8, 4) is 0 Å². The molecule has 1 rings (SSSR count). The second kappa shape index (κ2) is 5.04. The van der Waals surface area contributed by atoms with Gasteiger partial charge >= 0.3 is 29.6 Å². The number of nitrogens with zero attached hydrogens (tertiary/aromatic N) is 1. The molecule has 0 spiro atoms. The Labute approximate surface area is 101 Å². The van der Waals surface area contributed by atoms with Gasteiger partial charge in [0.1, 0.15) is 10.8 Å². The maximum absolute atomic E-state index is 10.3. The summed E-state index contributed by atoms with van der Waals surface area (Å²) < 4.78 is 0. The Kier molecular flexibility index (Phi) is 5.13. The smallest absolute Gasteiger partial charge is 0.543 e. The Morgan fingerprint density at radius 2 is 2.00 bits per heavy atom. The van der Waals surface area contributed by atoms with Crippen LogP contribution >= 0.6 is 23.2 Å². The van der Waals surface area contributed by atoms with Gasteiger partial charge in [0.05, 0.1) is 11.0 Å². The molecule has 0 aliphatic rings. The normalized spacial score (nSPS) is 8.83. The fourth-order valence-corrected chi connectivity index (χ4v) is 0.891. The summed E-state index contributed by atoms with van der Waals surface area (Å²) >= 11 is 10.8. The molecule has 0 aliphatic heterocycles. The van der Waals surface area contributed by atoms with Crippen molar-refractivity contribution in [2.24, 2.45) is 0 Å². The molecule has 1 heterocycles. The van der Waals surface area contributed by atoms with Crippen molar-refractivity contribution in [2.45, 2.75) is 0 Å².